The van der Waals surface area contributed by atoms with Crippen LogP contribution in [0.5, 0.6) is 0 Å². The predicted octanol–water partition coefficient (Wildman–Crippen LogP) is -0.309. The fourth-order valence-electron chi connectivity index (χ4n) is 0.991. The number of carbonyl (C=O) groups is 3. The molecule has 0 amide bonds. The van der Waals surface area contributed by atoms with Crippen LogP contribution in [0.15, 0.2) is 0 Å². The fourth-order valence-corrected chi connectivity index (χ4v) is 0.991. The van der Waals surface area contributed by atoms with Gasteiger partial charge in [-0.25, -0.2) is 0 Å². The third-order valence-electron chi connectivity index (χ3n) is 2.02. The Bertz CT molecular complexity index is 332. The lowest BCUT2D eigenvalue weighted by Gasteiger charge is -2.23. The maximum absolute atomic E-state index is 11.1. The molecule has 0 aliphatic rings. The molecule has 0 aliphatic heterocycles. The summed E-state index contributed by atoms with van der Waals surface area (Å²) in [6, 6.07) is 0. The van der Waals surface area contributed by atoms with E-state index in [-0.39, 0.29) is 0 Å². The first-order valence-corrected chi connectivity index (χ1v) is 5.24. The molecule has 0 aromatic heterocycles. The lowest BCUT2D eigenvalue weighted by Crippen LogP contribution is -2.52. The van der Waals surface area contributed by atoms with Crippen LogP contribution in [-0.2, 0) is 28.6 Å². The number of esters is 3. The summed E-state index contributed by atoms with van der Waals surface area (Å²) in [5, 5.41) is 11.1. The topological polar surface area (TPSA) is 122 Å². The molecular formula is C10H15NO8. The van der Waals surface area contributed by atoms with Crippen LogP contribution in [0.1, 0.15) is 20.8 Å². The van der Waals surface area contributed by atoms with E-state index in [9.17, 15) is 24.5 Å². The van der Waals surface area contributed by atoms with Crippen LogP contribution in [0, 0.1) is 10.1 Å². The number of hydrogen-bond donors (Lipinski definition) is 0. The molecule has 0 fully saturated rings. The van der Waals surface area contributed by atoms with Crippen molar-refractivity contribution in [1.82, 2.24) is 0 Å². The lowest BCUT2D eigenvalue weighted by molar-refractivity contribution is -0.579. The Hall–Kier alpha value is -2.19. The second kappa shape index (κ2) is 7.29. The van der Waals surface area contributed by atoms with E-state index in [1.807, 2.05) is 0 Å². The lowest BCUT2D eigenvalue weighted by atomic mass is 10.0. The Kier molecular flexibility index (Phi) is 6.45. The molecule has 0 bridgehead atoms. The van der Waals surface area contributed by atoms with Gasteiger partial charge in [0.2, 0.25) is 0 Å². The molecule has 0 aromatic carbocycles. The van der Waals surface area contributed by atoms with E-state index in [4.69, 9.17) is 0 Å². The highest BCUT2D eigenvalue weighted by molar-refractivity contribution is 5.67. The van der Waals surface area contributed by atoms with Gasteiger partial charge in [-0.05, 0) is 0 Å². The van der Waals surface area contributed by atoms with E-state index in [0.29, 0.717) is 0 Å². The van der Waals surface area contributed by atoms with Gasteiger partial charge in [0.05, 0.1) is 0 Å². The summed E-state index contributed by atoms with van der Waals surface area (Å²) in [7, 11) is 0. The Balaban J connectivity index is 4.97. The minimum atomic E-state index is -2.01. The maximum Gasteiger partial charge on any atom is 0.321 e. The van der Waals surface area contributed by atoms with E-state index in [0.717, 1.165) is 20.8 Å². The summed E-state index contributed by atoms with van der Waals surface area (Å²) in [4.78, 5) is 42.5. The number of ether oxygens (including phenoxy) is 3. The van der Waals surface area contributed by atoms with Crippen LogP contribution >= 0.6 is 0 Å². The van der Waals surface area contributed by atoms with Gasteiger partial charge in [0.25, 0.3) is 0 Å². The zero-order valence-corrected chi connectivity index (χ0v) is 10.8. The van der Waals surface area contributed by atoms with Gasteiger partial charge in [0.15, 0.2) is 19.8 Å². The number of nitro groups is 1. The van der Waals surface area contributed by atoms with Crippen molar-refractivity contribution in [3.05, 3.63) is 10.1 Å². The molecule has 0 rings (SSSR count). The highest BCUT2D eigenvalue weighted by atomic mass is 16.7. The second-order valence-corrected chi connectivity index (χ2v) is 3.82. The van der Waals surface area contributed by atoms with Crippen LogP contribution in [-0.4, -0.2) is 48.2 Å². The number of rotatable bonds is 7. The Morgan fingerprint density at radius 3 is 1.32 bits per heavy atom. The third kappa shape index (κ3) is 6.34. The number of hydrogen-bond acceptors (Lipinski definition) is 8. The van der Waals surface area contributed by atoms with E-state index >= 15 is 0 Å². The van der Waals surface area contributed by atoms with Crippen LogP contribution in [0.3, 0.4) is 0 Å². The predicted molar refractivity (Wildman–Crippen MR) is 59.6 cm³/mol. The van der Waals surface area contributed by atoms with Gasteiger partial charge < -0.3 is 14.2 Å². The van der Waals surface area contributed by atoms with Gasteiger partial charge in [-0.3, -0.25) is 24.5 Å². The molecule has 0 atom stereocenters. The van der Waals surface area contributed by atoms with Crippen molar-refractivity contribution in [2.75, 3.05) is 19.8 Å². The van der Waals surface area contributed by atoms with Gasteiger partial charge in [0, 0.05) is 25.7 Å². The smallest absolute Gasteiger partial charge is 0.321 e. The largest absolute Gasteiger partial charge is 0.458 e. The summed E-state index contributed by atoms with van der Waals surface area (Å²) in [6.07, 6.45) is 0. The first-order chi connectivity index (χ1) is 8.69. The standard InChI is InChI=1S/C10H15NO8/c1-7(12)17-4-10(11(15)16,5-18-8(2)13)6-19-9(3)14/h4-6H2,1-3H3. The average Bonchev–Trinajstić information content (AvgIpc) is 2.27. The molecule has 108 valence electrons. The quantitative estimate of drug-likeness (QED) is 0.269. The van der Waals surface area contributed by atoms with Crippen molar-refractivity contribution in [2.24, 2.45) is 0 Å². The molecule has 9 heteroatoms. The van der Waals surface area contributed by atoms with Crippen molar-refractivity contribution < 1.29 is 33.5 Å². The molecular weight excluding hydrogens is 262 g/mol. The first-order valence-electron chi connectivity index (χ1n) is 5.24. The van der Waals surface area contributed by atoms with E-state index < -0.39 is 48.2 Å². The third-order valence-corrected chi connectivity index (χ3v) is 2.02. The minimum absolute atomic E-state index is 0.671. The molecule has 0 unspecified atom stereocenters. The molecule has 0 saturated heterocycles. The van der Waals surface area contributed by atoms with Crippen LogP contribution in [0.25, 0.3) is 0 Å². The highest BCUT2D eigenvalue weighted by Gasteiger charge is 2.47. The Morgan fingerprint density at radius 2 is 1.16 bits per heavy atom. The summed E-state index contributed by atoms with van der Waals surface area (Å²) in [5.41, 5.74) is -2.01. The van der Waals surface area contributed by atoms with Gasteiger partial charge in [-0.15, -0.1) is 0 Å². The molecule has 19 heavy (non-hydrogen) atoms. The zero-order valence-electron chi connectivity index (χ0n) is 10.8. The van der Waals surface area contributed by atoms with Crippen LogP contribution in [0.4, 0.5) is 0 Å². The summed E-state index contributed by atoms with van der Waals surface area (Å²) in [5.74, 6) is -2.22. The monoisotopic (exact) mass is 277 g/mol. The van der Waals surface area contributed by atoms with E-state index in [1.54, 1.807) is 0 Å². The average molecular weight is 277 g/mol. The second-order valence-electron chi connectivity index (χ2n) is 3.82. The van der Waals surface area contributed by atoms with Gasteiger partial charge >= 0.3 is 23.4 Å². The van der Waals surface area contributed by atoms with Gasteiger partial charge in [0.1, 0.15) is 0 Å². The molecule has 0 aliphatic carbocycles. The molecule has 0 spiro atoms. The Labute approximate surface area is 109 Å². The summed E-state index contributed by atoms with van der Waals surface area (Å²) in [6.45, 7) is 1.20. The normalized spacial score (nSPS) is 10.5. The molecule has 9 nitrogen and oxygen atoms in total. The van der Waals surface area contributed by atoms with Crippen LogP contribution in [0.2, 0.25) is 0 Å². The molecule has 0 heterocycles. The van der Waals surface area contributed by atoms with Gasteiger partial charge in [-0.2, -0.15) is 0 Å². The van der Waals surface area contributed by atoms with Crippen molar-refractivity contribution in [3.63, 3.8) is 0 Å². The highest BCUT2D eigenvalue weighted by Crippen LogP contribution is 2.14. The van der Waals surface area contributed by atoms with Crippen LogP contribution < -0.4 is 0 Å². The van der Waals surface area contributed by atoms with Gasteiger partial charge in [-0.1, -0.05) is 0 Å². The molecule has 0 N–H and O–H groups in total. The minimum Gasteiger partial charge on any atom is -0.458 e. The zero-order chi connectivity index (χ0) is 15.1. The maximum atomic E-state index is 11.1. The molecule has 0 saturated carbocycles. The molecule has 0 radical (unpaired) electrons. The molecule has 0 aromatic rings. The Morgan fingerprint density at radius 1 is 0.895 bits per heavy atom. The van der Waals surface area contributed by atoms with E-state index in [1.165, 1.54) is 0 Å². The summed E-state index contributed by atoms with van der Waals surface area (Å²) < 4.78 is 13.7. The van der Waals surface area contributed by atoms with Crippen molar-refractivity contribution >= 4 is 17.9 Å². The van der Waals surface area contributed by atoms with E-state index in [2.05, 4.69) is 14.2 Å². The first kappa shape index (κ1) is 16.8. The van der Waals surface area contributed by atoms with Crippen molar-refractivity contribution in [2.45, 2.75) is 26.3 Å². The number of nitrogens with zero attached hydrogens (tertiary/aromatic N) is 1. The fraction of sp³-hybridized carbons (Fsp3) is 0.700. The number of carbonyl (C=O) groups excluding carboxylic acids is 3. The SMILES string of the molecule is CC(=O)OCC(COC(C)=O)(COC(C)=O)[N+](=O)[O-]. The van der Waals surface area contributed by atoms with Crippen molar-refractivity contribution in [3.8, 4) is 0 Å². The van der Waals surface area contributed by atoms with Crippen molar-refractivity contribution in [1.29, 1.82) is 0 Å². The summed E-state index contributed by atoms with van der Waals surface area (Å²) >= 11 is 0.